The van der Waals surface area contributed by atoms with Gasteiger partial charge < -0.3 is 15.5 Å². The molecule has 5 heteroatoms. The minimum atomic E-state index is -0.478. The molecule has 1 unspecified atom stereocenters. The first-order valence-corrected chi connectivity index (χ1v) is 9.84. The van der Waals surface area contributed by atoms with Crippen LogP contribution in [-0.4, -0.2) is 23.0 Å². The second kappa shape index (κ2) is 6.88. The van der Waals surface area contributed by atoms with Gasteiger partial charge in [-0.25, -0.2) is 0 Å². The maximum absolute atomic E-state index is 13.1. The van der Waals surface area contributed by atoms with Gasteiger partial charge in [-0.3, -0.25) is 4.79 Å². The summed E-state index contributed by atoms with van der Waals surface area (Å²) in [5.41, 5.74) is 5.51. The van der Waals surface area contributed by atoms with Crippen LogP contribution < -0.4 is 10.6 Å². The zero-order chi connectivity index (χ0) is 19.1. The van der Waals surface area contributed by atoms with Gasteiger partial charge in [-0.05, 0) is 48.3 Å². The van der Waals surface area contributed by atoms with Crippen LogP contribution in [0.3, 0.4) is 0 Å². The Morgan fingerprint density at radius 1 is 1.07 bits per heavy atom. The molecular weight excluding hydrogens is 370 g/mol. The first kappa shape index (κ1) is 17.1. The van der Waals surface area contributed by atoms with Crippen LogP contribution >= 0.6 is 11.6 Å². The molecule has 0 radical (unpaired) electrons. The van der Waals surface area contributed by atoms with Gasteiger partial charge in [-0.1, -0.05) is 54.1 Å². The number of carbonyl (C=O) groups excluding carboxylic acids is 1. The van der Waals surface area contributed by atoms with E-state index in [0.717, 1.165) is 29.8 Å². The molecular formula is C23H20ClN3O. The van der Waals surface area contributed by atoms with Gasteiger partial charge in [-0.15, -0.1) is 0 Å². The number of halogens is 1. The van der Waals surface area contributed by atoms with Gasteiger partial charge in [0.05, 0.1) is 11.4 Å². The highest BCUT2D eigenvalue weighted by Gasteiger charge is 2.36. The van der Waals surface area contributed by atoms with Crippen molar-refractivity contribution >= 4 is 23.2 Å². The number of allylic oxidation sites excluding steroid dienone is 3. The molecule has 28 heavy (non-hydrogen) atoms. The number of nitrogens with one attached hydrogen (secondary N) is 2. The fourth-order valence-corrected chi connectivity index (χ4v) is 4.37. The van der Waals surface area contributed by atoms with Crippen LogP contribution in [-0.2, 0) is 17.6 Å². The zero-order valence-corrected chi connectivity index (χ0v) is 16.0. The topological polar surface area (TPSA) is 44.4 Å². The van der Waals surface area contributed by atoms with Crippen LogP contribution in [0.2, 0.25) is 5.02 Å². The van der Waals surface area contributed by atoms with E-state index in [1.165, 1.54) is 11.1 Å². The minimum Gasteiger partial charge on any atom is -0.355 e. The first-order valence-electron chi connectivity index (χ1n) is 9.46. The molecule has 1 aliphatic carbocycles. The van der Waals surface area contributed by atoms with Gasteiger partial charge in [0.1, 0.15) is 0 Å². The van der Waals surface area contributed by atoms with E-state index >= 15 is 0 Å². The van der Waals surface area contributed by atoms with Gasteiger partial charge in [0.2, 0.25) is 0 Å². The quantitative estimate of drug-likeness (QED) is 0.842. The summed E-state index contributed by atoms with van der Waals surface area (Å²) in [6.07, 6.45) is 9.16. The van der Waals surface area contributed by atoms with Crippen molar-refractivity contribution < 1.29 is 4.79 Å². The monoisotopic (exact) mass is 389 g/mol. The number of hydrogen-bond acceptors (Lipinski definition) is 3. The number of fused-ring (bicyclic) bond motifs is 2. The van der Waals surface area contributed by atoms with Crippen molar-refractivity contribution in [3.05, 3.63) is 100 Å². The van der Waals surface area contributed by atoms with E-state index in [4.69, 9.17) is 11.6 Å². The van der Waals surface area contributed by atoms with Crippen LogP contribution in [0.25, 0.3) is 5.70 Å². The lowest BCUT2D eigenvalue weighted by Gasteiger charge is -2.26. The van der Waals surface area contributed by atoms with Gasteiger partial charge in [0, 0.05) is 22.8 Å². The molecule has 2 aromatic rings. The molecule has 5 rings (SSSR count). The maximum Gasteiger partial charge on any atom is 0.264 e. The van der Waals surface area contributed by atoms with E-state index in [0.29, 0.717) is 5.02 Å². The van der Waals surface area contributed by atoms with Gasteiger partial charge in [0.25, 0.3) is 5.91 Å². The van der Waals surface area contributed by atoms with E-state index < -0.39 is 6.17 Å². The van der Waals surface area contributed by atoms with E-state index in [1.807, 2.05) is 53.6 Å². The number of benzene rings is 2. The molecule has 1 amide bonds. The second-order valence-electron chi connectivity index (χ2n) is 7.31. The fraction of sp³-hybridized carbons (Fsp3) is 0.174. The van der Waals surface area contributed by atoms with E-state index in [1.54, 1.807) is 0 Å². The summed E-state index contributed by atoms with van der Waals surface area (Å²) in [5, 5.41) is 7.31. The summed E-state index contributed by atoms with van der Waals surface area (Å²) in [6.45, 7) is 0. The highest BCUT2D eigenvalue weighted by molar-refractivity contribution is 6.30. The Bertz CT molecular complexity index is 1010. The molecule has 3 aliphatic rings. The second-order valence-corrected chi connectivity index (χ2v) is 7.74. The molecule has 2 aromatic carbocycles. The molecule has 2 N–H and O–H groups in total. The fourth-order valence-electron chi connectivity index (χ4n) is 4.18. The number of hydrogen-bond donors (Lipinski definition) is 2. The van der Waals surface area contributed by atoms with Crippen LogP contribution in [0.1, 0.15) is 16.7 Å². The molecule has 2 heterocycles. The largest absolute Gasteiger partial charge is 0.355 e. The van der Waals surface area contributed by atoms with Crippen LogP contribution in [0, 0.1) is 0 Å². The summed E-state index contributed by atoms with van der Waals surface area (Å²) < 4.78 is 0. The number of nitrogens with zero attached hydrogens (tertiary/aromatic N) is 1. The van der Waals surface area contributed by atoms with Crippen molar-refractivity contribution in [3.63, 3.8) is 0 Å². The minimum absolute atomic E-state index is 0.0210. The average Bonchev–Trinajstić information content (AvgIpc) is 3.29. The zero-order valence-electron chi connectivity index (χ0n) is 15.2. The number of carbonyl (C=O) groups is 1. The molecule has 2 aliphatic heterocycles. The molecule has 0 spiro atoms. The predicted octanol–water partition coefficient (Wildman–Crippen LogP) is 3.61. The average molecular weight is 390 g/mol. The lowest BCUT2D eigenvalue weighted by molar-refractivity contribution is -0.125. The Balaban J connectivity index is 1.36. The summed E-state index contributed by atoms with van der Waals surface area (Å²) in [5.74, 6) is -0.0210. The third-order valence-corrected chi connectivity index (χ3v) is 5.70. The molecule has 0 fully saturated rings. The van der Waals surface area contributed by atoms with E-state index in [9.17, 15) is 4.79 Å². The SMILES string of the molecule is O=C(NC1Cc2ccccc2C1)C1NC(c2cccc(Cl)c2)=C2C=CC=CN21. The Morgan fingerprint density at radius 3 is 2.61 bits per heavy atom. The Kier molecular flexibility index (Phi) is 4.21. The van der Waals surface area contributed by atoms with Gasteiger partial charge in [-0.2, -0.15) is 0 Å². The molecule has 4 nitrogen and oxygen atoms in total. The van der Waals surface area contributed by atoms with Crippen molar-refractivity contribution in [2.75, 3.05) is 0 Å². The van der Waals surface area contributed by atoms with Crippen molar-refractivity contribution in [1.82, 2.24) is 15.5 Å². The Morgan fingerprint density at radius 2 is 1.86 bits per heavy atom. The number of amides is 1. The first-order chi connectivity index (χ1) is 13.7. The molecule has 1 atom stereocenters. The maximum atomic E-state index is 13.1. The van der Waals surface area contributed by atoms with Crippen LogP contribution in [0.15, 0.2) is 78.7 Å². The van der Waals surface area contributed by atoms with Crippen LogP contribution in [0.4, 0.5) is 0 Å². The van der Waals surface area contributed by atoms with Crippen molar-refractivity contribution in [3.8, 4) is 0 Å². The highest BCUT2D eigenvalue weighted by atomic mass is 35.5. The molecule has 0 saturated heterocycles. The van der Waals surface area contributed by atoms with Crippen molar-refractivity contribution in [1.29, 1.82) is 0 Å². The van der Waals surface area contributed by atoms with Crippen molar-refractivity contribution in [2.45, 2.75) is 25.0 Å². The summed E-state index contributed by atoms with van der Waals surface area (Å²) in [6, 6.07) is 16.2. The van der Waals surface area contributed by atoms with E-state index in [-0.39, 0.29) is 11.9 Å². The lowest BCUT2D eigenvalue weighted by atomic mass is 10.1. The van der Waals surface area contributed by atoms with Gasteiger partial charge >= 0.3 is 0 Å². The summed E-state index contributed by atoms with van der Waals surface area (Å²) in [4.78, 5) is 15.1. The summed E-state index contributed by atoms with van der Waals surface area (Å²) >= 11 is 6.18. The Hall–Kier alpha value is -2.98. The summed E-state index contributed by atoms with van der Waals surface area (Å²) in [7, 11) is 0. The third kappa shape index (κ3) is 3.00. The Labute approximate surface area is 169 Å². The van der Waals surface area contributed by atoms with E-state index in [2.05, 4.69) is 34.9 Å². The lowest BCUT2D eigenvalue weighted by Crippen LogP contribution is -2.51. The number of rotatable bonds is 3. The standard InChI is InChI=1S/C23H20ClN3O/c24-18-9-5-8-17(12-18)21-20-10-3-4-11-27(20)22(26-21)23(28)25-19-13-15-6-1-2-7-16(15)14-19/h1-12,19,22,26H,13-14H2,(H,25,28). The molecule has 0 saturated carbocycles. The smallest absolute Gasteiger partial charge is 0.264 e. The normalized spacial score (nSPS) is 20.2. The predicted molar refractivity (Wildman–Crippen MR) is 111 cm³/mol. The molecule has 0 aromatic heterocycles. The molecule has 140 valence electrons. The van der Waals surface area contributed by atoms with Gasteiger partial charge in [0.15, 0.2) is 6.17 Å². The van der Waals surface area contributed by atoms with Crippen LogP contribution in [0.5, 0.6) is 0 Å². The third-order valence-electron chi connectivity index (χ3n) is 5.46. The highest BCUT2D eigenvalue weighted by Crippen LogP contribution is 2.32. The molecule has 0 bridgehead atoms. The van der Waals surface area contributed by atoms with Crippen molar-refractivity contribution in [2.24, 2.45) is 0 Å².